The predicted octanol–water partition coefficient (Wildman–Crippen LogP) is 2.29. The minimum atomic E-state index is 0.183. The summed E-state index contributed by atoms with van der Waals surface area (Å²) in [6.45, 7) is 0.376. The Labute approximate surface area is 104 Å². The largest absolute Gasteiger partial charge is 0.489 e. The Hall–Kier alpha value is -2.49. The monoisotopic (exact) mass is 241 g/mol. The van der Waals surface area contributed by atoms with Crippen molar-refractivity contribution in [1.29, 1.82) is 0 Å². The lowest BCUT2D eigenvalue weighted by Gasteiger charge is -2.07. The quantitative estimate of drug-likeness (QED) is 0.753. The molecule has 90 valence electrons. The molecule has 0 bridgehead atoms. The van der Waals surface area contributed by atoms with Crippen LogP contribution in [0.1, 0.15) is 26.5 Å². The van der Waals surface area contributed by atoms with Crippen LogP contribution in [0.3, 0.4) is 0 Å². The Morgan fingerprint density at radius 3 is 2.17 bits per heavy atom. The number of benzene rings is 1. The molecular weight excluding hydrogens is 230 g/mol. The van der Waals surface area contributed by atoms with Gasteiger partial charge in [-0.15, -0.1) is 0 Å². The van der Waals surface area contributed by atoms with Crippen LogP contribution in [0, 0.1) is 0 Å². The van der Waals surface area contributed by atoms with Gasteiger partial charge < -0.3 is 4.74 Å². The number of nitrogens with zero attached hydrogens (tertiary/aromatic N) is 1. The van der Waals surface area contributed by atoms with E-state index in [1.54, 1.807) is 0 Å². The van der Waals surface area contributed by atoms with Crippen LogP contribution >= 0.6 is 0 Å². The van der Waals surface area contributed by atoms with Gasteiger partial charge in [-0.05, 0) is 5.56 Å². The van der Waals surface area contributed by atoms with E-state index in [4.69, 9.17) is 4.74 Å². The molecule has 1 heterocycles. The zero-order valence-electron chi connectivity index (χ0n) is 9.58. The van der Waals surface area contributed by atoms with Crippen LogP contribution in [-0.4, -0.2) is 17.6 Å². The summed E-state index contributed by atoms with van der Waals surface area (Å²) < 4.78 is 5.52. The second kappa shape index (κ2) is 5.72. The maximum atomic E-state index is 10.7. The molecule has 1 aromatic carbocycles. The first-order valence-electron chi connectivity index (χ1n) is 5.41. The summed E-state index contributed by atoms with van der Waals surface area (Å²) in [6.07, 6.45) is 1.17. The molecule has 0 aliphatic heterocycles. The molecule has 0 unspecified atom stereocenters. The lowest BCUT2D eigenvalue weighted by atomic mass is 10.2. The number of aromatic nitrogens is 1. The molecule has 0 spiro atoms. The first-order chi connectivity index (χ1) is 8.81. The second-order valence-corrected chi connectivity index (χ2v) is 3.66. The fraction of sp³-hybridized carbons (Fsp3) is 0.0714. The fourth-order valence-electron chi connectivity index (χ4n) is 1.49. The minimum Gasteiger partial charge on any atom is -0.489 e. The van der Waals surface area contributed by atoms with Gasteiger partial charge in [0.25, 0.3) is 0 Å². The van der Waals surface area contributed by atoms with Crippen molar-refractivity contribution in [2.24, 2.45) is 0 Å². The van der Waals surface area contributed by atoms with Crippen molar-refractivity contribution in [2.75, 3.05) is 0 Å². The van der Waals surface area contributed by atoms with Crippen molar-refractivity contribution in [2.45, 2.75) is 6.61 Å². The summed E-state index contributed by atoms with van der Waals surface area (Å²) in [7, 11) is 0. The minimum absolute atomic E-state index is 0.183. The van der Waals surface area contributed by atoms with Crippen LogP contribution in [0.5, 0.6) is 5.75 Å². The van der Waals surface area contributed by atoms with Gasteiger partial charge in [-0.1, -0.05) is 30.3 Å². The van der Waals surface area contributed by atoms with E-state index in [1.807, 2.05) is 30.3 Å². The Bertz CT molecular complexity index is 526. The highest BCUT2D eigenvalue weighted by atomic mass is 16.5. The Morgan fingerprint density at radius 2 is 1.61 bits per heavy atom. The molecule has 2 rings (SSSR count). The SMILES string of the molecule is O=Cc1cc(OCc2ccccc2)cc(C=O)n1. The Kier molecular flexibility index (Phi) is 3.81. The van der Waals surface area contributed by atoms with Crippen molar-refractivity contribution in [3.63, 3.8) is 0 Å². The van der Waals surface area contributed by atoms with E-state index in [-0.39, 0.29) is 11.4 Å². The molecule has 0 fully saturated rings. The normalized spacial score (nSPS) is 9.78. The number of ether oxygens (including phenoxy) is 1. The summed E-state index contributed by atoms with van der Waals surface area (Å²) >= 11 is 0. The number of hydrogen-bond donors (Lipinski definition) is 0. The van der Waals surface area contributed by atoms with Crippen LogP contribution in [0.15, 0.2) is 42.5 Å². The molecule has 4 nitrogen and oxygen atoms in total. The maximum Gasteiger partial charge on any atom is 0.168 e. The van der Waals surface area contributed by atoms with Gasteiger partial charge in [0.1, 0.15) is 23.7 Å². The third-order valence-electron chi connectivity index (χ3n) is 2.33. The molecule has 0 aliphatic carbocycles. The second-order valence-electron chi connectivity index (χ2n) is 3.66. The summed E-state index contributed by atoms with van der Waals surface area (Å²) in [5.74, 6) is 0.457. The number of hydrogen-bond acceptors (Lipinski definition) is 4. The molecule has 0 N–H and O–H groups in total. The predicted molar refractivity (Wildman–Crippen MR) is 65.8 cm³/mol. The van der Waals surface area contributed by atoms with Crippen molar-refractivity contribution in [3.8, 4) is 5.75 Å². The highest BCUT2D eigenvalue weighted by molar-refractivity contribution is 5.78. The third kappa shape index (κ3) is 3.01. The van der Waals surface area contributed by atoms with E-state index in [2.05, 4.69) is 4.98 Å². The average Bonchev–Trinajstić information content (AvgIpc) is 2.45. The molecule has 0 saturated carbocycles. The van der Waals surface area contributed by atoms with E-state index < -0.39 is 0 Å². The first kappa shape index (κ1) is 12.0. The number of aldehydes is 2. The van der Waals surface area contributed by atoms with Crippen LogP contribution in [0.4, 0.5) is 0 Å². The van der Waals surface area contributed by atoms with E-state index in [0.29, 0.717) is 24.9 Å². The lowest BCUT2D eigenvalue weighted by molar-refractivity contribution is 0.111. The van der Waals surface area contributed by atoms with E-state index in [1.165, 1.54) is 12.1 Å². The van der Waals surface area contributed by atoms with Gasteiger partial charge in [-0.3, -0.25) is 9.59 Å². The van der Waals surface area contributed by atoms with Crippen LogP contribution in [0.25, 0.3) is 0 Å². The highest BCUT2D eigenvalue weighted by Gasteiger charge is 2.03. The molecule has 18 heavy (non-hydrogen) atoms. The lowest BCUT2D eigenvalue weighted by Crippen LogP contribution is -1.99. The molecule has 0 amide bonds. The smallest absolute Gasteiger partial charge is 0.168 e. The standard InChI is InChI=1S/C14H11NO3/c16-8-12-6-14(7-13(9-17)15-12)18-10-11-4-2-1-3-5-11/h1-9H,10H2. The van der Waals surface area contributed by atoms with Gasteiger partial charge >= 0.3 is 0 Å². The average molecular weight is 241 g/mol. The summed E-state index contributed by atoms with van der Waals surface area (Å²) in [4.78, 5) is 25.1. The molecule has 0 saturated heterocycles. The Morgan fingerprint density at radius 1 is 1.00 bits per heavy atom. The molecule has 0 atom stereocenters. The molecule has 0 radical (unpaired) electrons. The summed E-state index contributed by atoms with van der Waals surface area (Å²) in [6, 6.07) is 12.6. The van der Waals surface area contributed by atoms with Gasteiger partial charge in [0, 0.05) is 12.1 Å². The van der Waals surface area contributed by atoms with Crippen LogP contribution < -0.4 is 4.74 Å². The van der Waals surface area contributed by atoms with Gasteiger partial charge in [-0.2, -0.15) is 0 Å². The van der Waals surface area contributed by atoms with Crippen LogP contribution in [-0.2, 0) is 6.61 Å². The number of rotatable bonds is 5. The van der Waals surface area contributed by atoms with E-state index in [9.17, 15) is 9.59 Å². The van der Waals surface area contributed by atoms with Gasteiger partial charge in [0.2, 0.25) is 0 Å². The van der Waals surface area contributed by atoms with E-state index >= 15 is 0 Å². The number of carbonyl (C=O) groups is 2. The topological polar surface area (TPSA) is 56.3 Å². The fourth-order valence-corrected chi connectivity index (χ4v) is 1.49. The molecule has 1 aromatic heterocycles. The van der Waals surface area contributed by atoms with Gasteiger partial charge in [-0.25, -0.2) is 4.98 Å². The van der Waals surface area contributed by atoms with E-state index in [0.717, 1.165) is 5.56 Å². The van der Waals surface area contributed by atoms with Gasteiger partial charge in [0.05, 0.1) is 0 Å². The van der Waals surface area contributed by atoms with Crippen molar-refractivity contribution in [3.05, 3.63) is 59.4 Å². The maximum absolute atomic E-state index is 10.7. The van der Waals surface area contributed by atoms with Crippen molar-refractivity contribution in [1.82, 2.24) is 4.98 Å². The zero-order chi connectivity index (χ0) is 12.8. The molecular formula is C14H11NO3. The molecule has 2 aromatic rings. The van der Waals surface area contributed by atoms with Crippen molar-refractivity contribution < 1.29 is 14.3 Å². The molecule has 4 heteroatoms. The third-order valence-corrected chi connectivity index (χ3v) is 2.33. The highest BCUT2D eigenvalue weighted by Crippen LogP contribution is 2.14. The summed E-state index contributed by atoms with van der Waals surface area (Å²) in [5.41, 5.74) is 1.37. The number of pyridine rings is 1. The Balaban J connectivity index is 2.13. The van der Waals surface area contributed by atoms with Crippen LogP contribution in [0.2, 0.25) is 0 Å². The number of carbonyl (C=O) groups excluding carboxylic acids is 2. The zero-order valence-corrected chi connectivity index (χ0v) is 9.58. The van der Waals surface area contributed by atoms with Gasteiger partial charge in [0.15, 0.2) is 12.6 Å². The molecule has 0 aliphatic rings. The van der Waals surface area contributed by atoms with Crippen molar-refractivity contribution >= 4 is 12.6 Å². The first-order valence-corrected chi connectivity index (χ1v) is 5.41. The summed E-state index contributed by atoms with van der Waals surface area (Å²) in [5, 5.41) is 0.